The summed E-state index contributed by atoms with van der Waals surface area (Å²) < 4.78 is 16.9. The lowest BCUT2D eigenvalue weighted by Gasteiger charge is -2.18. The van der Waals surface area contributed by atoms with Crippen LogP contribution in [0.1, 0.15) is 355 Å². The summed E-state index contributed by atoms with van der Waals surface area (Å²) in [4.78, 5) is 38.2. The van der Waals surface area contributed by atoms with Gasteiger partial charge in [0, 0.05) is 19.3 Å². The molecule has 458 valence electrons. The van der Waals surface area contributed by atoms with Gasteiger partial charge in [0.25, 0.3) is 0 Å². The summed E-state index contributed by atoms with van der Waals surface area (Å²) in [6.07, 6.45) is 88.0. The number of carbonyl (C=O) groups excluding carboxylic acids is 3. The van der Waals surface area contributed by atoms with E-state index in [4.69, 9.17) is 14.2 Å². The van der Waals surface area contributed by atoms with E-state index in [0.717, 1.165) is 96.3 Å². The predicted octanol–water partition coefficient (Wildman–Crippen LogP) is 23.7. The molecule has 1 atom stereocenters. The van der Waals surface area contributed by atoms with Gasteiger partial charge in [-0.3, -0.25) is 14.4 Å². The van der Waals surface area contributed by atoms with E-state index < -0.39 is 6.10 Å². The lowest BCUT2D eigenvalue weighted by atomic mass is 10.0. The number of esters is 3. The van der Waals surface area contributed by atoms with Crippen LogP contribution >= 0.6 is 0 Å². The van der Waals surface area contributed by atoms with Crippen LogP contribution in [0.15, 0.2) is 72.9 Å². The van der Waals surface area contributed by atoms with Crippen LogP contribution in [0.3, 0.4) is 0 Å². The summed E-state index contributed by atoms with van der Waals surface area (Å²) in [7, 11) is 0. The first-order valence-electron chi connectivity index (χ1n) is 34.4. The second kappa shape index (κ2) is 67.4. The fourth-order valence-corrected chi connectivity index (χ4v) is 10.1. The van der Waals surface area contributed by atoms with Crippen LogP contribution in [0.4, 0.5) is 0 Å². The van der Waals surface area contributed by atoms with Gasteiger partial charge < -0.3 is 14.2 Å². The molecule has 6 nitrogen and oxygen atoms in total. The average molecular weight is 1100 g/mol. The lowest BCUT2D eigenvalue weighted by Crippen LogP contribution is -2.30. The second-order valence-electron chi connectivity index (χ2n) is 23.1. The summed E-state index contributed by atoms with van der Waals surface area (Å²) >= 11 is 0. The molecule has 0 fully saturated rings. The first kappa shape index (κ1) is 75.8. The molecule has 0 aliphatic carbocycles. The molecule has 6 heteroatoms. The highest BCUT2D eigenvalue weighted by Gasteiger charge is 2.19. The van der Waals surface area contributed by atoms with Crippen molar-refractivity contribution >= 4 is 17.9 Å². The average Bonchev–Trinajstić information content (AvgIpc) is 3.45. The molecule has 0 radical (unpaired) electrons. The monoisotopic (exact) mass is 1100 g/mol. The first-order valence-corrected chi connectivity index (χ1v) is 34.4. The number of carbonyl (C=O) groups is 3. The number of hydrogen-bond donors (Lipinski definition) is 0. The maximum absolute atomic E-state index is 12.9. The van der Waals surface area contributed by atoms with Crippen molar-refractivity contribution in [1.82, 2.24) is 0 Å². The highest BCUT2D eigenvalue weighted by atomic mass is 16.6. The molecular formula is C73H130O6. The van der Waals surface area contributed by atoms with Crippen LogP contribution in [-0.4, -0.2) is 37.2 Å². The van der Waals surface area contributed by atoms with Crippen LogP contribution in [0.25, 0.3) is 0 Å². The summed E-state index contributed by atoms with van der Waals surface area (Å²) in [5, 5.41) is 0. The van der Waals surface area contributed by atoms with E-state index in [2.05, 4.69) is 93.7 Å². The van der Waals surface area contributed by atoms with E-state index in [0.29, 0.717) is 19.3 Å². The number of allylic oxidation sites excluding steroid dienone is 12. The third-order valence-electron chi connectivity index (χ3n) is 15.2. The third kappa shape index (κ3) is 65.5. The van der Waals surface area contributed by atoms with Crippen molar-refractivity contribution in [2.24, 2.45) is 0 Å². The van der Waals surface area contributed by atoms with E-state index in [1.54, 1.807) is 0 Å². The van der Waals surface area contributed by atoms with Gasteiger partial charge in [-0.2, -0.15) is 0 Å². The fraction of sp³-hybridized carbons (Fsp3) is 0.795. The Hall–Kier alpha value is -3.15. The van der Waals surface area contributed by atoms with E-state index in [1.807, 2.05) is 0 Å². The Morgan fingerprint density at radius 2 is 0.494 bits per heavy atom. The quantitative estimate of drug-likeness (QED) is 0.0261. The van der Waals surface area contributed by atoms with E-state index in [1.165, 1.54) is 218 Å². The van der Waals surface area contributed by atoms with Crippen LogP contribution in [0.2, 0.25) is 0 Å². The molecule has 1 unspecified atom stereocenters. The maximum Gasteiger partial charge on any atom is 0.306 e. The molecule has 0 aliphatic heterocycles. The Balaban J connectivity index is 4.05. The Kier molecular flexibility index (Phi) is 64.7. The molecule has 79 heavy (non-hydrogen) atoms. The highest BCUT2D eigenvalue weighted by Crippen LogP contribution is 2.18. The van der Waals surface area contributed by atoms with Crippen LogP contribution in [-0.2, 0) is 28.6 Å². The maximum atomic E-state index is 12.9. The molecule has 0 bridgehead atoms. The topological polar surface area (TPSA) is 78.9 Å². The number of rotatable bonds is 63. The largest absolute Gasteiger partial charge is 0.462 e. The van der Waals surface area contributed by atoms with Crippen molar-refractivity contribution in [2.45, 2.75) is 361 Å². The molecule has 0 saturated carbocycles. The molecule has 0 saturated heterocycles. The molecule has 0 aliphatic rings. The van der Waals surface area contributed by atoms with Gasteiger partial charge in [0.05, 0.1) is 0 Å². The minimum absolute atomic E-state index is 0.0678. The van der Waals surface area contributed by atoms with Gasteiger partial charge >= 0.3 is 17.9 Å². The van der Waals surface area contributed by atoms with Crippen molar-refractivity contribution in [3.63, 3.8) is 0 Å². The molecule has 0 amide bonds. The van der Waals surface area contributed by atoms with Gasteiger partial charge in [0.15, 0.2) is 6.10 Å². The number of unbranched alkanes of at least 4 members (excludes halogenated alkanes) is 40. The molecule has 0 spiro atoms. The SMILES string of the molecule is CC/C=C\C/C=C\C/C=C\C/C=C\C/C=C\C/C=C\CCCCCCCCCCCCCCCCCCC(=O)OCC(COC(=O)CCCCCCCCCCC)OC(=O)CCCCCCCCCCCCCCCCCCC. The van der Waals surface area contributed by atoms with Crippen LogP contribution in [0, 0.1) is 0 Å². The summed E-state index contributed by atoms with van der Waals surface area (Å²) in [5.74, 6) is -0.849. The summed E-state index contributed by atoms with van der Waals surface area (Å²) in [6.45, 7) is 6.56. The molecule has 0 heterocycles. The zero-order valence-electron chi connectivity index (χ0n) is 52.6. The Bertz CT molecular complexity index is 1450. The first-order chi connectivity index (χ1) is 39.0. The van der Waals surface area contributed by atoms with Crippen LogP contribution < -0.4 is 0 Å². The summed E-state index contributed by atoms with van der Waals surface area (Å²) in [5.41, 5.74) is 0. The van der Waals surface area contributed by atoms with Gasteiger partial charge in [-0.05, 0) is 70.6 Å². The lowest BCUT2D eigenvalue weighted by molar-refractivity contribution is -0.167. The molecule has 0 N–H and O–H groups in total. The Labute approximate surface area is 491 Å². The molecular weight excluding hydrogens is 973 g/mol. The molecule has 0 aromatic carbocycles. The highest BCUT2D eigenvalue weighted by molar-refractivity contribution is 5.71. The number of ether oxygens (including phenoxy) is 3. The van der Waals surface area contributed by atoms with Gasteiger partial charge in [0.2, 0.25) is 0 Å². The van der Waals surface area contributed by atoms with Gasteiger partial charge in [-0.1, -0.05) is 338 Å². The van der Waals surface area contributed by atoms with Crippen molar-refractivity contribution in [2.75, 3.05) is 13.2 Å². The minimum atomic E-state index is -0.769. The third-order valence-corrected chi connectivity index (χ3v) is 15.2. The smallest absolute Gasteiger partial charge is 0.306 e. The zero-order valence-corrected chi connectivity index (χ0v) is 52.6. The second-order valence-corrected chi connectivity index (χ2v) is 23.1. The molecule has 0 aromatic heterocycles. The Morgan fingerprint density at radius 1 is 0.266 bits per heavy atom. The Morgan fingerprint density at radius 3 is 0.772 bits per heavy atom. The molecule has 0 rings (SSSR count). The predicted molar refractivity (Wildman–Crippen MR) is 344 cm³/mol. The van der Waals surface area contributed by atoms with Gasteiger partial charge in [-0.15, -0.1) is 0 Å². The fourth-order valence-electron chi connectivity index (χ4n) is 10.1. The van der Waals surface area contributed by atoms with Crippen molar-refractivity contribution in [1.29, 1.82) is 0 Å². The standard InChI is InChI=1S/C73H130O6/c1-4-7-10-13-16-19-21-23-25-27-28-29-30-31-32-33-34-35-36-37-38-39-40-41-42-43-44-46-47-49-51-54-57-60-63-66-72(75)78-69-70(68-77-71(74)65-62-59-56-53-18-15-12-9-6-3)79-73(76)67-64-61-58-55-52-50-48-45-26-24-22-20-17-14-11-8-5-2/h7,10,16,19,23,25,28-29,31-32,34-35,70H,4-6,8-9,11-15,17-18,20-22,24,26-27,30,33,36-69H2,1-3H3/b10-7-,19-16-,25-23-,29-28-,32-31-,35-34-. The van der Waals surface area contributed by atoms with Crippen LogP contribution in [0.5, 0.6) is 0 Å². The van der Waals surface area contributed by atoms with E-state index in [9.17, 15) is 14.4 Å². The molecule has 0 aromatic rings. The van der Waals surface area contributed by atoms with Crippen molar-refractivity contribution in [3.8, 4) is 0 Å². The number of hydrogen-bond acceptors (Lipinski definition) is 6. The summed E-state index contributed by atoms with van der Waals surface area (Å²) in [6, 6.07) is 0. The van der Waals surface area contributed by atoms with Gasteiger partial charge in [0.1, 0.15) is 13.2 Å². The van der Waals surface area contributed by atoms with Crippen molar-refractivity contribution < 1.29 is 28.6 Å². The minimum Gasteiger partial charge on any atom is -0.462 e. The van der Waals surface area contributed by atoms with E-state index >= 15 is 0 Å². The van der Waals surface area contributed by atoms with Gasteiger partial charge in [-0.25, -0.2) is 0 Å². The van der Waals surface area contributed by atoms with Crippen molar-refractivity contribution in [3.05, 3.63) is 72.9 Å². The normalized spacial score (nSPS) is 12.5. The van der Waals surface area contributed by atoms with E-state index in [-0.39, 0.29) is 31.1 Å². The zero-order chi connectivity index (χ0) is 57.1.